The normalized spacial score (nSPS) is 16.0. The number of amides is 1. The molecule has 1 atom stereocenters. The Morgan fingerprint density at radius 3 is 2.45 bits per heavy atom. The second-order valence-electron chi connectivity index (χ2n) is 7.10. The number of Topliss-reactive ketones (excluding diaryl/α,β-unsaturated/α-hetero) is 1. The van der Waals surface area contributed by atoms with Crippen LogP contribution in [0.15, 0.2) is 47.1 Å². The van der Waals surface area contributed by atoms with E-state index in [1.807, 2.05) is 25.1 Å². The van der Waals surface area contributed by atoms with Crippen LogP contribution in [-0.2, 0) is 4.79 Å². The smallest absolute Gasteiger partial charge is 0.241 e. The molecule has 8 nitrogen and oxygen atoms in total. The van der Waals surface area contributed by atoms with Gasteiger partial charge in [-0.2, -0.15) is 0 Å². The van der Waals surface area contributed by atoms with E-state index < -0.39 is 0 Å². The van der Waals surface area contributed by atoms with Crippen molar-refractivity contribution < 1.29 is 14.0 Å². The van der Waals surface area contributed by atoms with Gasteiger partial charge in [-0.25, -0.2) is 9.97 Å². The first-order valence-corrected chi connectivity index (χ1v) is 9.64. The lowest BCUT2D eigenvalue weighted by Gasteiger charge is -2.37. The summed E-state index contributed by atoms with van der Waals surface area (Å²) < 4.78 is 5.65. The summed E-state index contributed by atoms with van der Waals surface area (Å²) in [5.41, 5.74) is 1.03. The molecule has 1 aliphatic heterocycles. The topological polar surface area (TPSA) is 91.6 Å². The molecule has 1 aliphatic rings. The van der Waals surface area contributed by atoms with Crippen molar-refractivity contribution in [2.75, 3.05) is 36.4 Å². The van der Waals surface area contributed by atoms with E-state index in [2.05, 4.69) is 25.1 Å². The highest BCUT2D eigenvalue weighted by Gasteiger charge is 2.28. The minimum absolute atomic E-state index is 0.163. The minimum atomic E-state index is -0.345. The van der Waals surface area contributed by atoms with Crippen LogP contribution in [0, 0.1) is 0 Å². The third kappa shape index (κ3) is 3.84. The zero-order chi connectivity index (χ0) is 20.4. The van der Waals surface area contributed by atoms with Crippen molar-refractivity contribution in [3.63, 3.8) is 0 Å². The van der Waals surface area contributed by atoms with E-state index in [1.54, 1.807) is 24.5 Å². The highest BCUT2D eigenvalue weighted by atomic mass is 16.3. The fourth-order valence-corrected chi connectivity index (χ4v) is 3.57. The lowest BCUT2D eigenvalue weighted by molar-refractivity contribution is -0.120. The molecule has 4 rings (SSSR count). The quantitative estimate of drug-likeness (QED) is 0.666. The number of anilines is 2. The fraction of sp³-hybridized carbons (Fsp3) is 0.333. The van der Waals surface area contributed by atoms with Crippen LogP contribution in [0.3, 0.4) is 0 Å². The molecular weight excluding hydrogens is 370 g/mol. The first kappa shape index (κ1) is 19.1. The van der Waals surface area contributed by atoms with Crippen molar-refractivity contribution in [3.05, 3.63) is 48.5 Å². The SMILES string of the molecule is CC(=O)c1oc2ccccc2c1NC(=O)C(C)N1CCN(c2ncccn2)CC1. The summed E-state index contributed by atoms with van der Waals surface area (Å²) in [5, 5.41) is 3.65. The van der Waals surface area contributed by atoms with Gasteiger partial charge in [-0.1, -0.05) is 12.1 Å². The second kappa shape index (κ2) is 8.00. The Bertz CT molecular complexity index is 1030. The summed E-state index contributed by atoms with van der Waals surface area (Å²) in [7, 11) is 0. The molecule has 29 heavy (non-hydrogen) atoms. The molecule has 1 aromatic carbocycles. The van der Waals surface area contributed by atoms with Crippen LogP contribution in [0.25, 0.3) is 11.0 Å². The molecular formula is C21H23N5O3. The molecule has 8 heteroatoms. The van der Waals surface area contributed by atoms with Crippen molar-refractivity contribution >= 4 is 34.3 Å². The third-order valence-electron chi connectivity index (χ3n) is 5.24. The lowest BCUT2D eigenvalue weighted by atomic mass is 10.1. The summed E-state index contributed by atoms with van der Waals surface area (Å²) in [5.74, 6) is 0.502. The Morgan fingerprint density at radius 2 is 1.76 bits per heavy atom. The molecule has 0 bridgehead atoms. The van der Waals surface area contributed by atoms with E-state index in [1.165, 1.54) is 6.92 Å². The van der Waals surface area contributed by atoms with Crippen molar-refractivity contribution in [1.29, 1.82) is 0 Å². The molecule has 1 amide bonds. The highest BCUT2D eigenvalue weighted by Crippen LogP contribution is 2.31. The van der Waals surface area contributed by atoms with Gasteiger partial charge >= 0.3 is 0 Å². The maximum absolute atomic E-state index is 12.9. The number of hydrogen-bond acceptors (Lipinski definition) is 7. The van der Waals surface area contributed by atoms with Crippen molar-refractivity contribution in [3.8, 4) is 0 Å². The monoisotopic (exact) mass is 393 g/mol. The predicted octanol–water partition coefficient (Wildman–Crippen LogP) is 2.57. The van der Waals surface area contributed by atoms with E-state index in [0.717, 1.165) is 31.6 Å². The largest absolute Gasteiger partial charge is 0.451 e. The Hall–Kier alpha value is -3.26. The summed E-state index contributed by atoms with van der Waals surface area (Å²) in [4.78, 5) is 37.7. The van der Waals surface area contributed by atoms with E-state index in [0.29, 0.717) is 17.2 Å². The van der Waals surface area contributed by atoms with Crippen molar-refractivity contribution in [2.24, 2.45) is 0 Å². The van der Waals surface area contributed by atoms with Gasteiger partial charge in [0.15, 0.2) is 11.5 Å². The summed E-state index contributed by atoms with van der Waals surface area (Å²) in [6.07, 6.45) is 3.46. The van der Waals surface area contributed by atoms with Crippen LogP contribution < -0.4 is 10.2 Å². The van der Waals surface area contributed by atoms with Crippen LogP contribution >= 0.6 is 0 Å². The summed E-state index contributed by atoms with van der Waals surface area (Å²) >= 11 is 0. The Kier molecular flexibility index (Phi) is 5.26. The molecule has 1 unspecified atom stereocenters. The average Bonchev–Trinajstić information content (AvgIpc) is 3.13. The van der Waals surface area contributed by atoms with E-state index >= 15 is 0 Å². The van der Waals surface area contributed by atoms with E-state index in [4.69, 9.17) is 4.42 Å². The van der Waals surface area contributed by atoms with Gasteiger partial charge < -0.3 is 14.6 Å². The van der Waals surface area contributed by atoms with Gasteiger partial charge in [-0.05, 0) is 25.1 Å². The molecule has 3 heterocycles. The van der Waals surface area contributed by atoms with Gasteiger partial charge in [0, 0.05) is 50.9 Å². The van der Waals surface area contributed by atoms with Crippen LogP contribution in [0.1, 0.15) is 24.4 Å². The first-order valence-electron chi connectivity index (χ1n) is 9.64. The molecule has 1 saturated heterocycles. The number of furan rings is 1. The molecule has 1 fully saturated rings. The Morgan fingerprint density at radius 1 is 1.07 bits per heavy atom. The van der Waals surface area contributed by atoms with Gasteiger partial charge in [-0.15, -0.1) is 0 Å². The molecule has 2 aromatic heterocycles. The first-order chi connectivity index (χ1) is 14.0. The molecule has 0 saturated carbocycles. The van der Waals surface area contributed by atoms with Crippen molar-refractivity contribution in [2.45, 2.75) is 19.9 Å². The third-order valence-corrected chi connectivity index (χ3v) is 5.24. The van der Waals surface area contributed by atoms with Gasteiger partial charge in [0.2, 0.25) is 11.9 Å². The standard InChI is InChI=1S/C21H23N5O3/c1-14(25-10-12-26(13-11-25)21-22-8-5-9-23-21)20(28)24-18-16-6-3-4-7-17(16)29-19(18)15(2)27/h3-9,14H,10-13H2,1-2H3,(H,24,28). The summed E-state index contributed by atoms with van der Waals surface area (Å²) in [6, 6.07) is 8.75. The number of nitrogens with one attached hydrogen (secondary N) is 1. The van der Waals surface area contributed by atoms with Gasteiger partial charge in [-0.3, -0.25) is 14.5 Å². The summed E-state index contributed by atoms with van der Waals surface area (Å²) in [6.45, 7) is 6.24. The predicted molar refractivity (Wildman–Crippen MR) is 110 cm³/mol. The molecule has 0 spiro atoms. The number of piperazine rings is 1. The number of fused-ring (bicyclic) bond motifs is 1. The maximum atomic E-state index is 12.9. The van der Waals surface area contributed by atoms with Gasteiger partial charge in [0.25, 0.3) is 0 Å². The fourth-order valence-electron chi connectivity index (χ4n) is 3.57. The number of carbonyl (C=O) groups is 2. The van der Waals surface area contributed by atoms with Crippen LogP contribution in [0.4, 0.5) is 11.6 Å². The lowest BCUT2D eigenvalue weighted by Crippen LogP contribution is -2.53. The van der Waals surface area contributed by atoms with E-state index in [-0.39, 0.29) is 23.5 Å². The zero-order valence-electron chi connectivity index (χ0n) is 16.5. The molecule has 0 radical (unpaired) electrons. The number of rotatable bonds is 5. The molecule has 1 N–H and O–H groups in total. The second-order valence-corrected chi connectivity index (χ2v) is 7.10. The zero-order valence-corrected chi connectivity index (χ0v) is 16.5. The average molecular weight is 393 g/mol. The Labute approximate surface area is 168 Å². The number of para-hydroxylation sites is 1. The minimum Gasteiger partial charge on any atom is -0.451 e. The van der Waals surface area contributed by atoms with Gasteiger partial charge in [0.05, 0.1) is 11.7 Å². The number of nitrogens with zero attached hydrogens (tertiary/aromatic N) is 4. The van der Waals surface area contributed by atoms with Crippen LogP contribution in [0.2, 0.25) is 0 Å². The van der Waals surface area contributed by atoms with Crippen molar-refractivity contribution in [1.82, 2.24) is 14.9 Å². The number of hydrogen-bond donors (Lipinski definition) is 1. The van der Waals surface area contributed by atoms with Crippen LogP contribution in [-0.4, -0.2) is 58.8 Å². The maximum Gasteiger partial charge on any atom is 0.241 e. The number of ketones is 1. The number of benzene rings is 1. The molecule has 0 aliphatic carbocycles. The number of aromatic nitrogens is 2. The van der Waals surface area contributed by atoms with E-state index in [9.17, 15) is 9.59 Å². The van der Waals surface area contributed by atoms with Crippen LogP contribution in [0.5, 0.6) is 0 Å². The van der Waals surface area contributed by atoms with Gasteiger partial charge in [0.1, 0.15) is 5.58 Å². The highest BCUT2D eigenvalue weighted by molar-refractivity contribution is 6.11. The number of carbonyl (C=O) groups excluding carboxylic acids is 2. The molecule has 150 valence electrons. The molecule has 3 aromatic rings. The Balaban J connectivity index is 1.45.